The van der Waals surface area contributed by atoms with Crippen molar-refractivity contribution in [1.82, 2.24) is 25.1 Å². The highest BCUT2D eigenvalue weighted by Crippen LogP contribution is 2.23. The number of ketones is 2. The van der Waals surface area contributed by atoms with Crippen LogP contribution in [0.15, 0.2) is 85.2 Å². The van der Waals surface area contributed by atoms with Gasteiger partial charge in [0.2, 0.25) is 0 Å². The lowest BCUT2D eigenvalue weighted by molar-refractivity contribution is -0.131. The third-order valence-corrected chi connectivity index (χ3v) is 12.9. The van der Waals surface area contributed by atoms with Gasteiger partial charge in [-0.1, -0.05) is 12.1 Å². The van der Waals surface area contributed by atoms with Crippen molar-refractivity contribution in [3.8, 4) is 0 Å². The number of pyridine rings is 2. The predicted octanol–water partition coefficient (Wildman–Crippen LogP) is 2.86. The molecule has 0 spiro atoms. The fourth-order valence-corrected chi connectivity index (χ4v) is 8.53. The Labute approximate surface area is 359 Å². The van der Waals surface area contributed by atoms with Crippen LogP contribution in [-0.2, 0) is 37.6 Å². The van der Waals surface area contributed by atoms with Gasteiger partial charge in [0.15, 0.2) is 31.2 Å². The van der Waals surface area contributed by atoms with Crippen LogP contribution in [0.4, 0.5) is 38.5 Å². The Hall–Kier alpha value is -6.33. The number of nitrogens with two attached hydrogens (primary N) is 1. The minimum atomic E-state index is -3.24. The highest BCUT2D eigenvalue weighted by atomic mass is 32.2. The van der Waals surface area contributed by atoms with Crippen LogP contribution >= 0.6 is 0 Å². The number of carbonyl (C=O) groups excluding carboxylic acids is 5. The zero-order chi connectivity index (χ0) is 45.9. The molecule has 2 fully saturated rings. The number of hydrogen-bond acceptors (Lipinski definition) is 12. The number of nitrogens with one attached hydrogen (secondary N) is 1. The summed E-state index contributed by atoms with van der Waals surface area (Å²) >= 11 is 0. The lowest BCUT2D eigenvalue weighted by Gasteiger charge is -2.32. The summed E-state index contributed by atoms with van der Waals surface area (Å²) in [6.45, 7) is -0.696. The number of aromatic nitrogens is 2. The summed E-state index contributed by atoms with van der Waals surface area (Å²) in [6.07, 6.45) is -0.681. The van der Waals surface area contributed by atoms with Crippen LogP contribution < -0.4 is 20.9 Å². The molecule has 17 nitrogen and oxygen atoms in total. The fraction of sp³-hybridized carbons (Fsp3) is 0.325. The number of halogens is 4. The van der Waals surface area contributed by atoms with Crippen molar-refractivity contribution in [3.63, 3.8) is 0 Å². The molecule has 0 saturated carbocycles. The van der Waals surface area contributed by atoms with Gasteiger partial charge in [-0.3, -0.25) is 34.2 Å². The van der Waals surface area contributed by atoms with Crippen LogP contribution in [0.1, 0.15) is 32.1 Å². The highest BCUT2D eigenvalue weighted by Gasteiger charge is 2.31. The summed E-state index contributed by atoms with van der Waals surface area (Å²) < 4.78 is 98.8. The van der Waals surface area contributed by atoms with Crippen molar-refractivity contribution in [3.05, 3.63) is 119 Å². The van der Waals surface area contributed by atoms with E-state index in [0.717, 1.165) is 6.07 Å². The van der Waals surface area contributed by atoms with Gasteiger partial charge in [-0.25, -0.2) is 35.2 Å². The summed E-state index contributed by atoms with van der Waals surface area (Å²) in [5.74, 6) is -4.09. The normalized spacial score (nSPS) is 15.4. The molecule has 23 heteroatoms. The van der Waals surface area contributed by atoms with Crippen LogP contribution in [0.3, 0.4) is 0 Å². The molecule has 4 heterocycles. The Morgan fingerprint density at radius 1 is 0.651 bits per heavy atom. The standard InChI is InChI=1S/C21H21F3N4O5S.C19H21FN4O4S/c22-15-2-1-3-17(10-15)28(21(31)27-6-8-34(32,33)9-7-27)13-16-5-4-14(11-25-16)18(29)12-26-20(30)19(23)24;20-15-2-1-3-17(10-15)24(19(26)23-6-8-29(27,28)9-7-23)13-16-5-4-14(12-22-16)18(25)11-21/h1-5,10-11,19H,6-9,12-13H2,(H,26,30);1-5,10,12H,6-9,11,13,21H2. The van der Waals surface area contributed by atoms with Crippen molar-refractivity contribution >= 4 is 60.6 Å². The third kappa shape index (κ3) is 13.6. The lowest BCUT2D eigenvalue weighted by Crippen LogP contribution is -2.49. The van der Waals surface area contributed by atoms with E-state index in [1.165, 1.54) is 80.5 Å². The molecule has 2 aromatic carbocycles. The highest BCUT2D eigenvalue weighted by molar-refractivity contribution is 7.91. The molecule has 0 unspecified atom stereocenters. The SMILES string of the molecule is NCC(=O)c1ccc(CN(C(=O)N2CCS(=O)(=O)CC2)c2cccc(F)c2)nc1.O=C(CNC(=O)C(F)F)c1ccc(CN(C(=O)N2CCS(=O)(=O)CC2)c2cccc(F)c2)nc1. The number of amides is 5. The van der Waals surface area contributed by atoms with E-state index in [1.54, 1.807) is 18.2 Å². The zero-order valence-corrected chi connectivity index (χ0v) is 35.0. The molecule has 336 valence electrons. The topological polar surface area (TPSA) is 230 Å². The number of alkyl halides is 2. The Bertz CT molecular complexity index is 2510. The van der Waals surface area contributed by atoms with Crippen LogP contribution in [0, 0.1) is 11.6 Å². The van der Waals surface area contributed by atoms with Crippen molar-refractivity contribution in [2.24, 2.45) is 5.73 Å². The van der Waals surface area contributed by atoms with Crippen LogP contribution in [-0.4, -0.2) is 135 Å². The van der Waals surface area contributed by atoms with Crippen molar-refractivity contribution in [2.45, 2.75) is 19.5 Å². The summed E-state index contributed by atoms with van der Waals surface area (Å²) in [7, 11) is -6.37. The second kappa shape index (κ2) is 21.2. The number of carbonyl (C=O) groups is 5. The minimum absolute atomic E-state index is 0.00180. The van der Waals surface area contributed by atoms with E-state index in [-0.39, 0.29) is 85.9 Å². The molecule has 0 bridgehead atoms. The number of Topliss-reactive ketones (excluding diaryl/α,β-unsaturated/α-hetero) is 2. The first-order valence-corrected chi connectivity index (χ1v) is 22.8. The average Bonchev–Trinajstić information content (AvgIpc) is 3.26. The molecule has 3 N–H and O–H groups in total. The number of benzene rings is 2. The van der Waals surface area contributed by atoms with Gasteiger partial charge >= 0.3 is 18.5 Å². The van der Waals surface area contributed by atoms with Crippen molar-refractivity contribution in [2.75, 3.05) is 72.1 Å². The largest absolute Gasteiger partial charge is 0.344 e. The molecule has 5 amide bonds. The first-order chi connectivity index (χ1) is 29.8. The molecular weight excluding hydrogens is 877 g/mol. The molecule has 6 rings (SSSR count). The van der Waals surface area contributed by atoms with E-state index in [2.05, 4.69) is 9.97 Å². The number of sulfone groups is 2. The van der Waals surface area contributed by atoms with E-state index in [4.69, 9.17) is 5.73 Å². The molecule has 0 radical (unpaired) electrons. The molecule has 63 heavy (non-hydrogen) atoms. The van der Waals surface area contributed by atoms with Gasteiger partial charge in [-0.05, 0) is 60.7 Å². The van der Waals surface area contributed by atoms with Crippen molar-refractivity contribution in [1.29, 1.82) is 0 Å². The Balaban J connectivity index is 0.000000240. The van der Waals surface area contributed by atoms with Gasteiger partial charge < -0.3 is 20.9 Å². The van der Waals surface area contributed by atoms with Crippen molar-refractivity contribution < 1.29 is 58.4 Å². The molecule has 2 aliphatic rings. The van der Waals surface area contributed by atoms with E-state index < -0.39 is 68.0 Å². The Kier molecular flexibility index (Phi) is 16.0. The number of hydrogen-bond donors (Lipinski definition) is 2. The fourth-order valence-electron chi connectivity index (χ4n) is 6.13. The van der Waals surface area contributed by atoms with Gasteiger partial charge in [0.05, 0.1) is 60.6 Å². The van der Waals surface area contributed by atoms with Crippen LogP contribution in [0.2, 0.25) is 0 Å². The Morgan fingerprint density at radius 2 is 1.06 bits per heavy atom. The van der Waals surface area contributed by atoms with Crippen LogP contribution in [0.25, 0.3) is 0 Å². The number of nitrogens with zero attached hydrogens (tertiary/aromatic N) is 6. The van der Waals surface area contributed by atoms with E-state index in [1.807, 2.05) is 5.32 Å². The summed E-state index contributed by atoms with van der Waals surface area (Å²) in [6, 6.07) is 15.9. The molecule has 2 aromatic heterocycles. The first-order valence-electron chi connectivity index (χ1n) is 19.1. The van der Waals surface area contributed by atoms with Gasteiger partial charge in [-0.2, -0.15) is 8.78 Å². The summed E-state index contributed by atoms with van der Waals surface area (Å²) in [4.78, 5) is 74.6. The maximum atomic E-state index is 13.8. The smallest absolute Gasteiger partial charge is 0.324 e. The molecule has 4 aromatic rings. The van der Waals surface area contributed by atoms with Gasteiger partial charge in [0.1, 0.15) is 11.6 Å². The third-order valence-electron chi connectivity index (χ3n) is 9.67. The molecule has 2 saturated heterocycles. The summed E-state index contributed by atoms with van der Waals surface area (Å²) in [5.41, 5.74) is 7.13. The van der Waals surface area contributed by atoms with Gasteiger partial charge in [0.25, 0.3) is 5.91 Å². The number of rotatable bonds is 12. The quantitative estimate of drug-likeness (QED) is 0.154. The molecule has 2 aliphatic heterocycles. The minimum Gasteiger partial charge on any atom is -0.344 e. The second-order valence-electron chi connectivity index (χ2n) is 14.1. The lowest BCUT2D eigenvalue weighted by atomic mass is 10.1. The second-order valence-corrected chi connectivity index (χ2v) is 18.7. The molecule has 0 aliphatic carbocycles. The van der Waals surface area contributed by atoms with E-state index >= 15 is 0 Å². The molecular formula is C40H42F4N8O9S2. The Morgan fingerprint density at radius 3 is 1.41 bits per heavy atom. The average molecular weight is 919 g/mol. The maximum absolute atomic E-state index is 13.8. The maximum Gasteiger partial charge on any atom is 0.324 e. The molecule has 0 atom stereocenters. The van der Waals surface area contributed by atoms with E-state index in [9.17, 15) is 58.4 Å². The summed E-state index contributed by atoms with van der Waals surface area (Å²) in [5, 5.41) is 1.81. The number of urea groups is 2. The number of anilines is 2. The zero-order valence-electron chi connectivity index (χ0n) is 33.4. The van der Waals surface area contributed by atoms with Gasteiger partial charge in [-0.15, -0.1) is 0 Å². The predicted molar refractivity (Wildman–Crippen MR) is 222 cm³/mol. The van der Waals surface area contributed by atoms with Gasteiger partial charge in [0, 0.05) is 61.1 Å². The first kappa shape index (κ1) is 47.7. The van der Waals surface area contributed by atoms with E-state index in [0.29, 0.717) is 22.6 Å². The van der Waals surface area contributed by atoms with Crippen LogP contribution in [0.5, 0.6) is 0 Å². The monoisotopic (exact) mass is 918 g/mol.